The maximum Gasteiger partial charge on any atom is 0.243 e. The molecule has 0 spiro atoms. The summed E-state index contributed by atoms with van der Waals surface area (Å²) < 4.78 is 5.32. The molecule has 0 saturated heterocycles. The Morgan fingerprint density at radius 1 is 1.03 bits per heavy atom. The van der Waals surface area contributed by atoms with E-state index in [2.05, 4.69) is 5.32 Å². The molecule has 2 atom stereocenters. The monoisotopic (exact) mass is 410 g/mol. The topological polar surface area (TPSA) is 58.6 Å². The van der Waals surface area contributed by atoms with Crippen molar-refractivity contribution in [3.05, 3.63) is 65.2 Å². The minimum Gasteiger partial charge on any atom is -0.497 e. The van der Waals surface area contributed by atoms with Crippen molar-refractivity contribution in [1.82, 2.24) is 10.2 Å². The van der Waals surface area contributed by atoms with Crippen LogP contribution in [-0.2, 0) is 22.6 Å². The third kappa shape index (κ3) is 6.61. The number of hydrogen-bond donors (Lipinski definition) is 1. The number of carbonyl (C=O) groups is 2. The first kappa shape index (κ1) is 23.5. The highest BCUT2D eigenvalue weighted by atomic mass is 16.5. The van der Waals surface area contributed by atoms with E-state index in [4.69, 9.17) is 4.74 Å². The van der Waals surface area contributed by atoms with Gasteiger partial charge in [0.15, 0.2) is 0 Å². The van der Waals surface area contributed by atoms with E-state index in [1.54, 1.807) is 12.0 Å². The van der Waals surface area contributed by atoms with Crippen LogP contribution in [0.1, 0.15) is 50.3 Å². The van der Waals surface area contributed by atoms with Crippen molar-refractivity contribution < 1.29 is 14.3 Å². The number of carbonyl (C=O) groups excluding carboxylic acids is 2. The summed E-state index contributed by atoms with van der Waals surface area (Å²) in [5, 5.41) is 3.04. The molecule has 0 saturated carbocycles. The molecular formula is C25H34N2O3. The van der Waals surface area contributed by atoms with Crippen molar-refractivity contribution in [2.24, 2.45) is 0 Å². The molecule has 1 N–H and O–H groups in total. The van der Waals surface area contributed by atoms with Crippen molar-refractivity contribution in [2.75, 3.05) is 7.11 Å². The summed E-state index contributed by atoms with van der Waals surface area (Å²) in [6, 6.07) is 15.1. The van der Waals surface area contributed by atoms with E-state index in [1.807, 2.05) is 76.2 Å². The van der Waals surface area contributed by atoms with Crippen LogP contribution in [-0.4, -0.2) is 35.9 Å². The Morgan fingerprint density at radius 2 is 1.73 bits per heavy atom. The van der Waals surface area contributed by atoms with Crippen LogP contribution in [0, 0.1) is 6.92 Å². The molecule has 0 fully saturated rings. The van der Waals surface area contributed by atoms with Gasteiger partial charge in [0.2, 0.25) is 11.8 Å². The number of methoxy groups -OCH3 is 1. The van der Waals surface area contributed by atoms with Crippen LogP contribution in [0.3, 0.4) is 0 Å². The zero-order chi connectivity index (χ0) is 22.1. The van der Waals surface area contributed by atoms with Crippen LogP contribution in [0.25, 0.3) is 0 Å². The maximum absolute atomic E-state index is 13.3. The Balaban J connectivity index is 2.30. The van der Waals surface area contributed by atoms with Gasteiger partial charge < -0.3 is 15.0 Å². The van der Waals surface area contributed by atoms with E-state index in [0.717, 1.165) is 28.9 Å². The van der Waals surface area contributed by atoms with Gasteiger partial charge in [-0.3, -0.25) is 9.59 Å². The van der Waals surface area contributed by atoms with Crippen molar-refractivity contribution in [3.63, 3.8) is 0 Å². The molecule has 5 nitrogen and oxygen atoms in total. The molecule has 5 heteroatoms. The lowest BCUT2D eigenvalue weighted by atomic mass is 10.1. The van der Waals surface area contributed by atoms with Crippen LogP contribution < -0.4 is 10.1 Å². The molecule has 30 heavy (non-hydrogen) atoms. The zero-order valence-corrected chi connectivity index (χ0v) is 18.8. The molecule has 0 bridgehead atoms. The van der Waals surface area contributed by atoms with Gasteiger partial charge >= 0.3 is 0 Å². The van der Waals surface area contributed by atoms with Crippen LogP contribution >= 0.6 is 0 Å². The van der Waals surface area contributed by atoms with Crippen molar-refractivity contribution in [3.8, 4) is 5.75 Å². The summed E-state index contributed by atoms with van der Waals surface area (Å²) in [7, 11) is 1.62. The molecule has 0 heterocycles. The van der Waals surface area contributed by atoms with Gasteiger partial charge in [0, 0.05) is 12.6 Å². The second kappa shape index (κ2) is 11.4. The highest BCUT2D eigenvalue weighted by Gasteiger charge is 2.29. The number of amides is 2. The first-order chi connectivity index (χ1) is 14.4. The first-order valence-corrected chi connectivity index (χ1v) is 10.7. The number of nitrogens with one attached hydrogen (secondary N) is 1. The summed E-state index contributed by atoms with van der Waals surface area (Å²) in [5.41, 5.74) is 3.03. The molecule has 0 aliphatic carbocycles. The molecule has 162 valence electrons. The fourth-order valence-electron chi connectivity index (χ4n) is 3.31. The molecule has 2 amide bonds. The van der Waals surface area contributed by atoms with Crippen molar-refractivity contribution >= 4 is 11.8 Å². The molecule has 2 unspecified atom stereocenters. The fourth-order valence-corrected chi connectivity index (χ4v) is 3.31. The molecule has 0 aromatic heterocycles. The fraction of sp³-hybridized carbons (Fsp3) is 0.440. The van der Waals surface area contributed by atoms with Crippen LogP contribution in [0.5, 0.6) is 5.75 Å². The van der Waals surface area contributed by atoms with Crippen LogP contribution in [0.15, 0.2) is 48.5 Å². The lowest BCUT2D eigenvalue weighted by molar-refractivity contribution is -0.141. The Labute approximate surface area is 180 Å². The number of benzene rings is 2. The van der Waals surface area contributed by atoms with Gasteiger partial charge in [0.25, 0.3) is 0 Å². The Hall–Kier alpha value is -2.82. The van der Waals surface area contributed by atoms with Gasteiger partial charge in [-0.15, -0.1) is 0 Å². The summed E-state index contributed by atoms with van der Waals surface area (Å²) in [5.74, 6) is 0.565. The number of nitrogens with zero attached hydrogens (tertiary/aromatic N) is 1. The molecule has 2 aromatic carbocycles. The second-order valence-corrected chi connectivity index (χ2v) is 7.78. The lowest BCUT2D eigenvalue weighted by Crippen LogP contribution is -2.51. The number of rotatable bonds is 10. The van der Waals surface area contributed by atoms with Gasteiger partial charge in [0.1, 0.15) is 11.8 Å². The Morgan fingerprint density at radius 3 is 2.33 bits per heavy atom. The molecule has 2 rings (SSSR count). The summed E-state index contributed by atoms with van der Waals surface area (Å²) in [6.07, 6.45) is 1.65. The molecular weight excluding hydrogens is 376 g/mol. The molecule has 0 radical (unpaired) electrons. The quantitative estimate of drug-likeness (QED) is 0.636. The van der Waals surface area contributed by atoms with Gasteiger partial charge in [-0.1, -0.05) is 55.8 Å². The number of hydrogen-bond acceptors (Lipinski definition) is 3. The second-order valence-electron chi connectivity index (χ2n) is 7.78. The van der Waals surface area contributed by atoms with E-state index in [9.17, 15) is 9.59 Å². The van der Waals surface area contributed by atoms with Crippen molar-refractivity contribution in [2.45, 2.75) is 65.6 Å². The largest absolute Gasteiger partial charge is 0.497 e. The van der Waals surface area contributed by atoms with Gasteiger partial charge in [-0.25, -0.2) is 0 Å². The first-order valence-electron chi connectivity index (χ1n) is 10.7. The SMILES string of the molecule is CCC(C)NC(=O)C(CC)N(Cc1cccc(OC)c1)C(=O)Cc1ccc(C)cc1. The lowest BCUT2D eigenvalue weighted by Gasteiger charge is -2.31. The highest BCUT2D eigenvalue weighted by Crippen LogP contribution is 2.18. The highest BCUT2D eigenvalue weighted by molar-refractivity contribution is 5.88. The minimum absolute atomic E-state index is 0.0622. The van der Waals surface area contributed by atoms with Gasteiger partial charge in [0.05, 0.1) is 13.5 Å². The van der Waals surface area contributed by atoms with E-state index in [1.165, 1.54) is 0 Å². The predicted octanol–water partition coefficient (Wildman–Crippen LogP) is 4.27. The molecule has 0 aliphatic rings. The summed E-state index contributed by atoms with van der Waals surface area (Å²) in [6.45, 7) is 8.33. The van der Waals surface area contributed by atoms with Crippen LogP contribution in [0.4, 0.5) is 0 Å². The third-order valence-corrected chi connectivity index (χ3v) is 5.35. The van der Waals surface area contributed by atoms with Crippen LogP contribution in [0.2, 0.25) is 0 Å². The zero-order valence-electron chi connectivity index (χ0n) is 18.8. The maximum atomic E-state index is 13.3. The number of aryl methyl sites for hydroxylation is 1. The van der Waals surface area contributed by atoms with E-state index < -0.39 is 6.04 Å². The molecule has 0 aliphatic heterocycles. The molecule has 2 aromatic rings. The predicted molar refractivity (Wildman–Crippen MR) is 120 cm³/mol. The van der Waals surface area contributed by atoms with Gasteiger partial charge in [-0.2, -0.15) is 0 Å². The standard InChI is InChI=1S/C25H34N2O3/c1-6-19(4)26-25(29)23(7-2)27(17-21-9-8-10-22(15-21)30-5)24(28)16-20-13-11-18(3)12-14-20/h8-15,19,23H,6-7,16-17H2,1-5H3,(H,26,29). The summed E-state index contributed by atoms with van der Waals surface area (Å²) >= 11 is 0. The smallest absolute Gasteiger partial charge is 0.243 e. The number of ether oxygens (including phenoxy) is 1. The average Bonchev–Trinajstić information content (AvgIpc) is 2.75. The van der Waals surface area contributed by atoms with E-state index in [-0.39, 0.29) is 24.3 Å². The summed E-state index contributed by atoms with van der Waals surface area (Å²) in [4.78, 5) is 28.0. The van der Waals surface area contributed by atoms with Crippen molar-refractivity contribution in [1.29, 1.82) is 0 Å². The van der Waals surface area contributed by atoms with Gasteiger partial charge in [-0.05, 0) is 49.9 Å². The Bertz CT molecular complexity index is 833. The Kier molecular flexibility index (Phi) is 8.90. The third-order valence-electron chi connectivity index (χ3n) is 5.35. The van der Waals surface area contributed by atoms with E-state index in [0.29, 0.717) is 13.0 Å². The van der Waals surface area contributed by atoms with E-state index >= 15 is 0 Å². The normalized spacial score (nSPS) is 12.7. The average molecular weight is 411 g/mol. The minimum atomic E-state index is -0.525.